The highest BCUT2D eigenvalue weighted by atomic mass is 35.5. The molecule has 5 nitrogen and oxygen atoms in total. The minimum atomic E-state index is -1.15. The predicted octanol–water partition coefficient (Wildman–Crippen LogP) is 2.76. The Kier molecular flexibility index (Phi) is 4.55. The summed E-state index contributed by atoms with van der Waals surface area (Å²) in [5.41, 5.74) is 0.713. The summed E-state index contributed by atoms with van der Waals surface area (Å²) >= 11 is 5.97. The van der Waals surface area contributed by atoms with Crippen molar-refractivity contribution in [1.29, 1.82) is 0 Å². The predicted molar refractivity (Wildman–Crippen MR) is 73.5 cm³/mol. The van der Waals surface area contributed by atoms with Crippen molar-refractivity contribution in [2.24, 2.45) is 0 Å². The number of rotatable bonds is 5. The standard InChI is InChI=1S/C14H12ClNO4/c15-12-10(14(18)19)5-7-16-13(12)20-11-4-2-1-3-9(11)6-8-17/h1-5,7,17H,6,8H2,(H,18,19). The molecule has 0 bridgehead atoms. The number of para-hydroxylation sites is 1. The molecule has 1 heterocycles. The van der Waals surface area contributed by atoms with Crippen LogP contribution in [0.4, 0.5) is 0 Å². The van der Waals surface area contributed by atoms with E-state index in [0.717, 1.165) is 5.56 Å². The van der Waals surface area contributed by atoms with Crippen LogP contribution in [-0.2, 0) is 6.42 Å². The molecule has 104 valence electrons. The van der Waals surface area contributed by atoms with Crippen LogP contribution in [0.25, 0.3) is 0 Å². The van der Waals surface area contributed by atoms with Crippen molar-refractivity contribution in [2.75, 3.05) is 6.61 Å². The number of aromatic nitrogens is 1. The van der Waals surface area contributed by atoms with Gasteiger partial charge in [0.25, 0.3) is 0 Å². The molecule has 1 aromatic heterocycles. The van der Waals surface area contributed by atoms with Gasteiger partial charge in [-0.2, -0.15) is 0 Å². The molecule has 0 spiro atoms. The second kappa shape index (κ2) is 6.36. The molecule has 0 saturated carbocycles. The summed E-state index contributed by atoms with van der Waals surface area (Å²) in [5.74, 6) is -0.638. The summed E-state index contributed by atoms with van der Waals surface area (Å²) in [6.07, 6.45) is 1.74. The molecule has 20 heavy (non-hydrogen) atoms. The summed E-state index contributed by atoms with van der Waals surface area (Å²) in [5, 5.41) is 17.9. The largest absolute Gasteiger partial charge is 0.478 e. The van der Waals surface area contributed by atoms with E-state index >= 15 is 0 Å². The first-order chi connectivity index (χ1) is 9.63. The first kappa shape index (κ1) is 14.3. The van der Waals surface area contributed by atoms with Gasteiger partial charge in [-0.05, 0) is 24.1 Å². The zero-order valence-corrected chi connectivity index (χ0v) is 11.2. The maximum absolute atomic E-state index is 11.0. The van der Waals surface area contributed by atoms with Crippen molar-refractivity contribution in [2.45, 2.75) is 6.42 Å². The lowest BCUT2D eigenvalue weighted by atomic mass is 10.1. The van der Waals surface area contributed by atoms with Crippen LogP contribution >= 0.6 is 11.6 Å². The third-order valence-electron chi connectivity index (χ3n) is 2.65. The van der Waals surface area contributed by atoms with Gasteiger partial charge in [0.1, 0.15) is 10.8 Å². The lowest BCUT2D eigenvalue weighted by molar-refractivity contribution is 0.0696. The van der Waals surface area contributed by atoms with Crippen LogP contribution in [0.15, 0.2) is 36.5 Å². The van der Waals surface area contributed by atoms with Crippen molar-refractivity contribution in [3.8, 4) is 11.6 Å². The number of carboxylic acids is 1. The molecule has 6 heteroatoms. The van der Waals surface area contributed by atoms with Crippen LogP contribution in [0.2, 0.25) is 5.02 Å². The van der Waals surface area contributed by atoms with E-state index in [9.17, 15) is 4.79 Å². The van der Waals surface area contributed by atoms with Crippen molar-refractivity contribution in [1.82, 2.24) is 4.98 Å². The number of nitrogens with zero attached hydrogens (tertiary/aromatic N) is 1. The molecule has 2 N–H and O–H groups in total. The Balaban J connectivity index is 2.35. The highest BCUT2D eigenvalue weighted by Crippen LogP contribution is 2.31. The molecule has 0 radical (unpaired) electrons. The molecule has 0 aliphatic carbocycles. The molecule has 2 rings (SSSR count). The molecule has 0 unspecified atom stereocenters. The van der Waals surface area contributed by atoms with Gasteiger partial charge >= 0.3 is 5.97 Å². The number of aromatic carboxylic acids is 1. The van der Waals surface area contributed by atoms with Crippen molar-refractivity contribution >= 4 is 17.6 Å². The smallest absolute Gasteiger partial charge is 0.337 e. The topological polar surface area (TPSA) is 79.7 Å². The van der Waals surface area contributed by atoms with Crippen molar-refractivity contribution in [3.05, 3.63) is 52.7 Å². The molecule has 0 aliphatic rings. The van der Waals surface area contributed by atoms with Crippen LogP contribution in [0.5, 0.6) is 11.6 Å². The molecule has 0 fully saturated rings. The van der Waals surface area contributed by atoms with Gasteiger partial charge < -0.3 is 14.9 Å². The molecule has 0 atom stereocenters. The second-order valence-electron chi connectivity index (χ2n) is 3.97. The number of hydrogen-bond acceptors (Lipinski definition) is 4. The van der Waals surface area contributed by atoms with Crippen LogP contribution in [0, 0.1) is 0 Å². The van der Waals surface area contributed by atoms with E-state index in [1.165, 1.54) is 12.3 Å². The summed E-state index contributed by atoms with van der Waals surface area (Å²) in [6, 6.07) is 8.40. The Morgan fingerprint density at radius 2 is 2.05 bits per heavy atom. The maximum Gasteiger partial charge on any atom is 0.337 e. The van der Waals surface area contributed by atoms with E-state index in [1.807, 2.05) is 6.07 Å². The van der Waals surface area contributed by atoms with Crippen LogP contribution in [0.3, 0.4) is 0 Å². The fourth-order valence-corrected chi connectivity index (χ4v) is 1.93. The number of carboxylic acid groups (broad SMARTS) is 1. The monoisotopic (exact) mass is 293 g/mol. The average molecular weight is 294 g/mol. The van der Waals surface area contributed by atoms with Gasteiger partial charge in [-0.15, -0.1) is 0 Å². The molecule has 0 aliphatic heterocycles. The van der Waals surface area contributed by atoms with Crippen LogP contribution in [-0.4, -0.2) is 27.8 Å². The van der Waals surface area contributed by atoms with Gasteiger partial charge in [0.15, 0.2) is 0 Å². The third-order valence-corrected chi connectivity index (χ3v) is 3.01. The zero-order chi connectivity index (χ0) is 14.5. The first-order valence-corrected chi connectivity index (χ1v) is 6.25. The fraction of sp³-hybridized carbons (Fsp3) is 0.143. The van der Waals surface area contributed by atoms with Crippen molar-refractivity contribution in [3.63, 3.8) is 0 Å². The van der Waals surface area contributed by atoms with Gasteiger partial charge in [-0.3, -0.25) is 0 Å². The lowest BCUT2D eigenvalue weighted by Crippen LogP contribution is -2.01. The quantitative estimate of drug-likeness (QED) is 0.886. The Morgan fingerprint density at radius 1 is 1.30 bits per heavy atom. The van der Waals surface area contributed by atoms with Gasteiger partial charge in [-0.1, -0.05) is 29.8 Å². The minimum absolute atomic E-state index is 0.0172. The fourth-order valence-electron chi connectivity index (χ4n) is 1.70. The Bertz CT molecular complexity index is 630. The van der Waals surface area contributed by atoms with Crippen molar-refractivity contribution < 1.29 is 19.7 Å². The van der Waals surface area contributed by atoms with E-state index in [0.29, 0.717) is 12.2 Å². The van der Waals surface area contributed by atoms with Crippen LogP contribution < -0.4 is 4.74 Å². The number of aliphatic hydroxyl groups is 1. The van der Waals surface area contributed by atoms with E-state index in [-0.39, 0.29) is 23.1 Å². The highest BCUT2D eigenvalue weighted by Gasteiger charge is 2.15. The number of carbonyl (C=O) groups is 1. The lowest BCUT2D eigenvalue weighted by Gasteiger charge is -2.11. The number of halogens is 1. The summed E-state index contributed by atoms with van der Waals surface area (Å²) < 4.78 is 5.57. The first-order valence-electron chi connectivity index (χ1n) is 5.88. The molecular weight excluding hydrogens is 282 g/mol. The van der Waals surface area contributed by atoms with E-state index in [4.69, 9.17) is 26.6 Å². The summed E-state index contributed by atoms with van der Waals surface area (Å²) in [6.45, 7) is -0.0172. The minimum Gasteiger partial charge on any atom is -0.478 e. The highest BCUT2D eigenvalue weighted by molar-refractivity contribution is 6.34. The number of aliphatic hydroxyl groups excluding tert-OH is 1. The van der Waals surface area contributed by atoms with Gasteiger partial charge in [0.2, 0.25) is 5.88 Å². The number of pyridine rings is 1. The maximum atomic E-state index is 11.0. The molecule has 1 aromatic carbocycles. The number of ether oxygens (including phenoxy) is 1. The van der Waals surface area contributed by atoms with E-state index in [1.54, 1.807) is 18.2 Å². The Labute approximate surface area is 120 Å². The normalized spacial score (nSPS) is 10.3. The number of benzene rings is 1. The average Bonchev–Trinajstić information content (AvgIpc) is 2.43. The third kappa shape index (κ3) is 3.07. The van der Waals surface area contributed by atoms with Gasteiger partial charge in [-0.25, -0.2) is 9.78 Å². The second-order valence-corrected chi connectivity index (χ2v) is 4.34. The van der Waals surface area contributed by atoms with Gasteiger partial charge in [0.05, 0.1) is 5.56 Å². The molecule has 0 saturated heterocycles. The summed E-state index contributed by atoms with van der Waals surface area (Å²) in [7, 11) is 0. The zero-order valence-electron chi connectivity index (χ0n) is 10.4. The molecule has 0 amide bonds. The SMILES string of the molecule is O=C(O)c1ccnc(Oc2ccccc2CCO)c1Cl. The summed E-state index contributed by atoms with van der Waals surface area (Å²) in [4.78, 5) is 14.9. The molecule has 2 aromatic rings. The van der Waals surface area contributed by atoms with E-state index in [2.05, 4.69) is 4.98 Å². The van der Waals surface area contributed by atoms with Crippen LogP contribution in [0.1, 0.15) is 15.9 Å². The van der Waals surface area contributed by atoms with Gasteiger partial charge in [0, 0.05) is 12.8 Å². The molecular formula is C14H12ClNO4. The number of hydrogen-bond donors (Lipinski definition) is 2. The Hall–Kier alpha value is -2.11. The Morgan fingerprint density at radius 3 is 2.75 bits per heavy atom. The van der Waals surface area contributed by atoms with E-state index < -0.39 is 5.97 Å².